The summed E-state index contributed by atoms with van der Waals surface area (Å²) >= 11 is 0. The van der Waals surface area contributed by atoms with Crippen LogP contribution >= 0.6 is 0 Å². The number of carbonyl (C=O) groups is 2. The summed E-state index contributed by atoms with van der Waals surface area (Å²) < 4.78 is 10.2. The zero-order valence-corrected chi connectivity index (χ0v) is 11.5. The van der Waals surface area contributed by atoms with Crippen LogP contribution in [0.15, 0.2) is 42.5 Å². The lowest BCUT2D eigenvalue weighted by atomic mass is 10.2. The molecule has 0 saturated heterocycles. The molecule has 2 aromatic carbocycles. The van der Waals surface area contributed by atoms with Crippen molar-refractivity contribution in [1.29, 1.82) is 0 Å². The minimum Gasteiger partial charge on any atom is -0.493 e. The molecule has 0 spiro atoms. The largest absolute Gasteiger partial charge is 0.493 e. The second-order valence-corrected chi connectivity index (χ2v) is 4.19. The SMILES string of the molecule is COc1ccc(C=O)cc1OC(=O)c1ccccc1[N+](=O)[O-]. The summed E-state index contributed by atoms with van der Waals surface area (Å²) in [7, 11) is 1.37. The van der Waals surface area contributed by atoms with E-state index in [2.05, 4.69) is 0 Å². The molecule has 0 N–H and O–H groups in total. The smallest absolute Gasteiger partial charge is 0.350 e. The van der Waals surface area contributed by atoms with Crippen molar-refractivity contribution in [2.75, 3.05) is 7.11 Å². The summed E-state index contributed by atoms with van der Waals surface area (Å²) in [6.07, 6.45) is 0.585. The van der Waals surface area contributed by atoms with Gasteiger partial charge in [-0.1, -0.05) is 12.1 Å². The topological polar surface area (TPSA) is 95.7 Å². The number of carbonyl (C=O) groups excluding carboxylic acids is 2. The molecule has 0 aromatic heterocycles. The first-order valence-corrected chi connectivity index (χ1v) is 6.15. The Morgan fingerprint density at radius 3 is 2.55 bits per heavy atom. The van der Waals surface area contributed by atoms with Gasteiger partial charge >= 0.3 is 5.97 Å². The number of nitrogens with zero attached hydrogens (tertiary/aromatic N) is 1. The minimum atomic E-state index is -0.909. The van der Waals surface area contributed by atoms with Gasteiger partial charge in [-0.15, -0.1) is 0 Å². The predicted octanol–water partition coefficient (Wildman–Crippen LogP) is 2.64. The fraction of sp³-hybridized carbons (Fsp3) is 0.0667. The van der Waals surface area contributed by atoms with Crippen molar-refractivity contribution in [2.24, 2.45) is 0 Å². The molecule has 0 aliphatic heterocycles. The first-order chi connectivity index (χ1) is 10.6. The molecule has 0 atom stereocenters. The molecule has 0 saturated carbocycles. The van der Waals surface area contributed by atoms with Gasteiger partial charge in [-0.2, -0.15) is 0 Å². The average molecular weight is 301 g/mol. The van der Waals surface area contributed by atoms with Gasteiger partial charge in [0.2, 0.25) is 0 Å². The number of para-hydroxylation sites is 1. The summed E-state index contributed by atoms with van der Waals surface area (Å²) in [6, 6.07) is 9.70. The van der Waals surface area contributed by atoms with E-state index in [4.69, 9.17) is 9.47 Å². The molecular formula is C15H11NO6. The maximum atomic E-state index is 12.1. The van der Waals surface area contributed by atoms with Crippen LogP contribution in [-0.4, -0.2) is 24.3 Å². The Kier molecular flexibility index (Phi) is 4.47. The van der Waals surface area contributed by atoms with Gasteiger partial charge in [0.15, 0.2) is 11.5 Å². The van der Waals surface area contributed by atoms with Crippen LogP contribution in [0.5, 0.6) is 11.5 Å². The second kappa shape index (κ2) is 6.49. The first-order valence-electron chi connectivity index (χ1n) is 6.15. The molecule has 0 fully saturated rings. The molecule has 112 valence electrons. The van der Waals surface area contributed by atoms with Crippen molar-refractivity contribution >= 4 is 17.9 Å². The van der Waals surface area contributed by atoms with E-state index in [0.717, 1.165) is 0 Å². The fourth-order valence-corrected chi connectivity index (χ4v) is 1.81. The minimum absolute atomic E-state index is 0.00949. The molecule has 0 amide bonds. The molecular weight excluding hydrogens is 290 g/mol. The van der Waals surface area contributed by atoms with Crippen LogP contribution in [0.2, 0.25) is 0 Å². The Hall–Kier alpha value is -3.22. The molecule has 22 heavy (non-hydrogen) atoms. The molecule has 0 aliphatic carbocycles. The van der Waals surface area contributed by atoms with Crippen molar-refractivity contribution in [1.82, 2.24) is 0 Å². The number of aldehydes is 1. The highest BCUT2D eigenvalue weighted by Crippen LogP contribution is 2.29. The molecule has 0 radical (unpaired) electrons. The molecule has 0 aliphatic rings. The van der Waals surface area contributed by atoms with Crippen LogP contribution < -0.4 is 9.47 Å². The predicted molar refractivity (Wildman–Crippen MR) is 76.4 cm³/mol. The first kappa shape index (κ1) is 15.2. The lowest BCUT2D eigenvalue weighted by molar-refractivity contribution is -0.385. The average Bonchev–Trinajstić information content (AvgIpc) is 2.54. The summed E-state index contributed by atoms with van der Waals surface area (Å²) in [6.45, 7) is 0. The lowest BCUT2D eigenvalue weighted by Crippen LogP contribution is -2.11. The molecule has 0 unspecified atom stereocenters. The number of methoxy groups -OCH3 is 1. The van der Waals surface area contributed by atoms with Crippen LogP contribution in [0.4, 0.5) is 5.69 Å². The number of benzene rings is 2. The van der Waals surface area contributed by atoms with Gasteiger partial charge in [-0.05, 0) is 24.3 Å². The van der Waals surface area contributed by atoms with Crippen LogP contribution in [0, 0.1) is 10.1 Å². The standard InChI is InChI=1S/C15H11NO6/c1-21-13-7-6-10(9-17)8-14(13)22-15(18)11-4-2-3-5-12(11)16(19)20/h2-9H,1H3. The maximum absolute atomic E-state index is 12.1. The fourth-order valence-electron chi connectivity index (χ4n) is 1.81. The second-order valence-electron chi connectivity index (χ2n) is 4.19. The van der Waals surface area contributed by atoms with E-state index < -0.39 is 10.9 Å². The van der Waals surface area contributed by atoms with Crippen LogP contribution in [-0.2, 0) is 0 Å². The Labute approximate surface area is 125 Å². The molecule has 7 heteroatoms. The van der Waals surface area contributed by atoms with E-state index >= 15 is 0 Å². The van der Waals surface area contributed by atoms with Crippen molar-refractivity contribution in [3.63, 3.8) is 0 Å². The van der Waals surface area contributed by atoms with Crippen molar-refractivity contribution in [3.05, 3.63) is 63.7 Å². The molecule has 0 heterocycles. The van der Waals surface area contributed by atoms with E-state index in [0.29, 0.717) is 6.29 Å². The van der Waals surface area contributed by atoms with E-state index in [9.17, 15) is 19.7 Å². The highest BCUT2D eigenvalue weighted by molar-refractivity contribution is 5.95. The number of hydrogen-bond acceptors (Lipinski definition) is 6. The van der Waals surface area contributed by atoms with E-state index in [1.54, 1.807) is 0 Å². The number of hydrogen-bond donors (Lipinski definition) is 0. The molecule has 7 nitrogen and oxygen atoms in total. The molecule has 0 bridgehead atoms. The molecule has 2 rings (SSSR count). The summed E-state index contributed by atoms with van der Waals surface area (Å²) in [4.78, 5) is 33.2. The van der Waals surface area contributed by atoms with Gasteiger partial charge in [0.25, 0.3) is 5.69 Å². The summed E-state index contributed by atoms with van der Waals surface area (Å²) in [5.74, 6) is -0.665. The van der Waals surface area contributed by atoms with Crippen LogP contribution in [0.25, 0.3) is 0 Å². The van der Waals surface area contributed by atoms with Gasteiger partial charge in [-0.3, -0.25) is 14.9 Å². The van der Waals surface area contributed by atoms with Gasteiger partial charge in [0.05, 0.1) is 12.0 Å². The number of esters is 1. The van der Waals surface area contributed by atoms with E-state index in [1.165, 1.54) is 49.6 Å². The van der Waals surface area contributed by atoms with Gasteiger partial charge in [0, 0.05) is 11.6 Å². The Bertz CT molecular complexity index is 741. The lowest BCUT2D eigenvalue weighted by Gasteiger charge is -2.09. The highest BCUT2D eigenvalue weighted by Gasteiger charge is 2.22. The van der Waals surface area contributed by atoms with Gasteiger partial charge < -0.3 is 9.47 Å². The zero-order chi connectivity index (χ0) is 16.1. The quantitative estimate of drug-likeness (QED) is 0.277. The number of nitro groups is 1. The Balaban J connectivity index is 2.37. The monoisotopic (exact) mass is 301 g/mol. The van der Waals surface area contributed by atoms with Crippen molar-refractivity contribution in [3.8, 4) is 11.5 Å². The van der Waals surface area contributed by atoms with Gasteiger partial charge in [-0.25, -0.2) is 4.79 Å². The van der Waals surface area contributed by atoms with Crippen molar-refractivity contribution in [2.45, 2.75) is 0 Å². The number of ether oxygens (including phenoxy) is 2. The number of rotatable bonds is 5. The third-order valence-corrected chi connectivity index (χ3v) is 2.85. The third-order valence-electron chi connectivity index (χ3n) is 2.85. The van der Waals surface area contributed by atoms with Crippen molar-refractivity contribution < 1.29 is 24.0 Å². The van der Waals surface area contributed by atoms with Gasteiger partial charge in [0.1, 0.15) is 11.8 Å². The normalized spacial score (nSPS) is 9.86. The van der Waals surface area contributed by atoms with Crippen LogP contribution in [0.3, 0.4) is 0 Å². The van der Waals surface area contributed by atoms with E-state index in [-0.39, 0.29) is 28.3 Å². The van der Waals surface area contributed by atoms with E-state index in [1.807, 2.05) is 0 Å². The number of nitro benzene ring substituents is 1. The highest BCUT2D eigenvalue weighted by atomic mass is 16.6. The Morgan fingerprint density at radius 2 is 1.91 bits per heavy atom. The van der Waals surface area contributed by atoms with Crippen LogP contribution in [0.1, 0.15) is 20.7 Å². The zero-order valence-electron chi connectivity index (χ0n) is 11.5. The molecule has 2 aromatic rings. The summed E-state index contributed by atoms with van der Waals surface area (Å²) in [5.41, 5.74) is -0.268. The Morgan fingerprint density at radius 1 is 1.18 bits per heavy atom. The maximum Gasteiger partial charge on any atom is 0.350 e. The summed E-state index contributed by atoms with van der Waals surface area (Å²) in [5, 5.41) is 10.9. The third kappa shape index (κ3) is 3.09.